The average Bonchev–Trinajstić information content (AvgIpc) is 1.81. The lowest BCUT2D eigenvalue weighted by atomic mass is 10.2. The summed E-state index contributed by atoms with van der Waals surface area (Å²) < 4.78 is 0. The second kappa shape index (κ2) is 4.39. The van der Waals surface area contributed by atoms with Crippen molar-refractivity contribution < 1.29 is 19.7 Å². The number of carbonyl (C=O) groups is 1. The van der Waals surface area contributed by atoms with Gasteiger partial charge in [-0.25, -0.2) is 4.79 Å². The van der Waals surface area contributed by atoms with E-state index in [-0.39, 0.29) is 11.7 Å². The van der Waals surface area contributed by atoms with E-state index in [0.29, 0.717) is 6.42 Å². The fraction of sp³-hybridized carbons (Fsp3) is 0.600. The van der Waals surface area contributed by atoms with E-state index >= 15 is 0 Å². The van der Waals surface area contributed by atoms with Gasteiger partial charge in [0.2, 0.25) is 13.3 Å². The van der Waals surface area contributed by atoms with Gasteiger partial charge in [0.15, 0.2) is 0 Å². The third-order valence-electron chi connectivity index (χ3n) is 0.965. The van der Waals surface area contributed by atoms with Crippen LogP contribution in [0.2, 0.25) is 0 Å². The summed E-state index contributed by atoms with van der Waals surface area (Å²) >= 11 is 0. The molecule has 58 valence electrons. The lowest BCUT2D eigenvalue weighted by Crippen LogP contribution is -2.14. The lowest BCUT2D eigenvalue weighted by molar-refractivity contribution is -0.167. The van der Waals surface area contributed by atoms with Crippen molar-refractivity contribution in [3.8, 4) is 0 Å². The molecule has 0 amide bonds. The summed E-state index contributed by atoms with van der Waals surface area (Å²) in [7, 11) is -2.64. The summed E-state index contributed by atoms with van der Waals surface area (Å²) in [6.45, 7) is 1.75. The van der Waals surface area contributed by atoms with Gasteiger partial charge in [0.25, 0.3) is 0 Å². The minimum absolute atomic E-state index is 0.182. The summed E-state index contributed by atoms with van der Waals surface area (Å²) in [6, 6.07) is 0. The zero-order valence-corrected chi connectivity index (χ0v) is 6.47. The maximum absolute atomic E-state index is 10.3. The molecule has 0 rings (SSSR count). The molecule has 0 spiro atoms. The summed E-state index contributed by atoms with van der Waals surface area (Å²) in [6.07, 6.45) is 0.754. The minimum atomic E-state index is -2.64. The topological polar surface area (TPSA) is 80.6 Å². The molecule has 0 fully saturated rings. The number of hydrogen-bond acceptors (Lipinski definition) is 3. The van der Waals surface area contributed by atoms with Crippen LogP contribution in [0.5, 0.6) is 0 Å². The molecule has 4 nitrogen and oxygen atoms in total. The van der Waals surface area contributed by atoms with Crippen LogP contribution in [0, 0.1) is 0 Å². The fourth-order valence-electron chi connectivity index (χ4n) is 0.521. The van der Waals surface area contributed by atoms with Crippen molar-refractivity contribution in [2.75, 3.05) is 0 Å². The molecule has 0 saturated heterocycles. The highest BCUT2D eigenvalue weighted by atomic mass is 31.1. The number of aliphatic carboxylic acids is 1. The summed E-state index contributed by atoms with van der Waals surface area (Å²) in [5, 5.41) is 8.00. The van der Waals surface area contributed by atoms with Gasteiger partial charge in [-0.05, 0) is 6.42 Å². The van der Waals surface area contributed by atoms with Gasteiger partial charge in [-0.3, -0.25) is 0 Å². The van der Waals surface area contributed by atoms with Gasteiger partial charge in [0.1, 0.15) is 0 Å². The van der Waals surface area contributed by atoms with E-state index in [1.165, 1.54) is 0 Å². The van der Waals surface area contributed by atoms with Gasteiger partial charge in [0.05, 0.1) is 0 Å². The van der Waals surface area contributed by atoms with Crippen LogP contribution in [0.25, 0.3) is 0 Å². The number of carboxylic acids is 1. The first kappa shape index (κ1) is 9.56. The first-order valence-electron chi connectivity index (χ1n) is 2.84. The van der Waals surface area contributed by atoms with Crippen LogP contribution in [0.4, 0.5) is 0 Å². The molecule has 0 aliphatic carbocycles. The van der Waals surface area contributed by atoms with Gasteiger partial charge in [-0.15, -0.1) is 0 Å². The Morgan fingerprint density at radius 3 is 2.30 bits per heavy atom. The highest BCUT2D eigenvalue weighted by Gasteiger charge is 2.16. The van der Waals surface area contributed by atoms with Crippen molar-refractivity contribution >= 4 is 19.3 Å². The van der Waals surface area contributed by atoms with Crippen molar-refractivity contribution in [2.45, 2.75) is 19.8 Å². The SMILES string of the molecule is CCCC(C(=O)O)=[P+]([O-])O. The van der Waals surface area contributed by atoms with E-state index in [0.717, 1.165) is 0 Å². The number of carboxylic acid groups (broad SMARTS) is 1. The maximum Gasteiger partial charge on any atom is 0.377 e. The van der Waals surface area contributed by atoms with Crippen molar-refractivity contribution in [3.63, 3.8) is 0 Å². The van der Waals surface area contributed by atoms with Crippen LogP contribution >= 0.6 is 8.00 Å². The van der Waals surface area contributed by atoms with Gasteiger partial charge in [-0.2, -0.15) is 4.89 Å². The Morgan fingerprint density at radius 2 is 2.20 bits per heavy atom. The second-order valence-electron chi connectivity index (χ2n) is 1.77. The standard InChI is InChI=1S/C5H9O4P/c1-2-3-4(5(6)7)10(8)9/h2-3H2,1H3,(H,6,7)(H,8,9). The fourth-order valence-corrected chi connectivity index (χ4v) is 1.10. The Labute approximate surface area is 59.7 Å². The lowest BCUT2D eigenvalue weighted by Gasteiger charge is -1.93. The molecule has 0 aromatic heterocycles. The Hall–Kier alpha value is -0.440. The summed E-state index contributed by atoms with van der Waals surface area (Å²) in [4.78, 5) is 28.8. The molecule has 0 saturated carbocycles. The average molecular weight is 164 g/mol. The van der Waals surface area contributed by atoms with Crippen LogP contribution in [-0.2, 0) is 4.79 Å². The van der Waals surface area contributed by atoms with E-state index in [4.69, 9.17) is 10.00 Å². The molecule has 1 unspecified atom stereocenters. The molecule has 0 aliphatic rings. The van der Waals surface area contributed by atoms with Gasteiger partial charge in [-0.1, -0.05) is 6.92 Å². The van der Waals surface area contributed by atoms with Gasteiger partial charge < -0.3 is 10.00 Å². The summed E-state index contributed by atoms with van der Waals surface area (Å²) in [5.41, 5.74) is 0. The zero-order chi connectivity index (χ0) is 8.15. The molecule has 0 aromatic carbocycles. The highest BCUT2D eigenvalue weighted by molar-refractivity contribution is 7.48. The Morgan fingerprint density at radius 1 is 1.70 bits per heavy atom. The van der Waals surface area contributed by atoms with Crippen molar-refractivity contribution in [3.05, 3.63) is 0 Å². The number of rotatable bonds is 3. The summed E-state index contributed by atoms with van der Waals surface area (Å²) in [5.74, 6) is -1.27. The normalized spacial score (nSPS) is 12.7. The first-order valence-corrected chi connectivity index (χ1v) is 4.06. The second-order valence-corrected chi connectivity index (χ2v) is 2.86. The van der Waals surface area contributed by atoms with Gasteiger partial charge >= 0.3 is 5.97 Å². The molecule has 10 heavy (non-hydrogen) atoms. The van der Waals surface area contributed by atoms with Crippen molar-refractivity contribution in [2.24, 2.45) is 0 Å². The van der Waals surface area contributed by atoms with E-state index in [1.54, 1.807) is 6.92 Å². The molecule has 5 heteroatoms. The van der Waals surface area contributed by atoms with E-state index in [9.17, 15) is 9.69 Å². The van der Waals surface area contributed by atoms with E-state index in [1.807, 2.05) is 0 Å². The highest BCUT2D eigenvalue weighted by Crippen LogP contribution is 2.10. The molecule has 2 N–H and O–H groups in total. The minimum Gasteiger partial charge on any atom is -0.603 e. The molecular weight excluding hydrogens is 155 g/mol. The van der Waals surface area contributed by atoms with Gasteiger partial charge in [0, 0.05) is 6.42 Å². The molecule has 0 aromatic rings. The zero-order valence-electron chi connectivity index (χ0n) is 5.57. The smallest absolute Gasteiger partial charge is 0.377 e. The third kappa shape index (κ3) is 2.92. The Balaban J connectivity index is 4.28. The van der Waals surface area contributed by atoms with Crippen molar-refractivity contribution in [1.82, 2.24) is 0 Å². The predicted molar refractivity (Wildman–Crippen MR) is 36.7 cm³/mol. The number of hydrogen-bond donors (Lipinski definition) is 2. The Bertz CT molecular complexity index is 159. The van der Waals surface area contributed by atoms with Crippen LogP contribution in [0.1, 0.15) is 19.8 Å². The van der Waals surface area contributed by atoms with Crippen LogP contribution in [0.3, 0.4) is 0 Å². The largest absolute Gasteiger partial charge is 0.603 e. The molecule has 0 bridgehead atoms. The molecule has 0 aliphatic heterocycles. The molecule has 0 heterocycles. The third-order valence-corrected chi connectivity index (χ3v) is 1.84. The maximum atomic E-state index is 10.3. The van der Waals surface area contributed by atoms with Crippen LogP contribution < -0.4 is 4.89 Å². The quantitative estimate of drug-likeness (QED) is 0.561. The van der Waals surface area contributed by atoms with Crippen LogP contribution in [0.15, 0.2) is 0 Å². The van der Waals surface area contributed by atoms with E-state index in [2.05, 4.69) is 0 Å². The van der Waals surface area contributed by atoms with E-state index < -0.39 is 14.0 Å². The molecule has 0 radical (unpaired) electrons. The molecular formula is C5H9O4P. The van der Waals surface area contributed by atoms with Crippen LogP contribution in [-0.4, -0.2) is 21.3 Å². The monoisotopic (exact) mass is 164 g/mol. The molecule has 1 atom stereocenters. The predicted octanol–water partition coefficient (Wildman–Crippen LogP) is -0.292. The first-order chi connectivity index (χ1) is 4.59. The van der Waals surface area contributed by atoms with Crippen molar-refractivity contribution in [1.29, 1.82) is 0 Å². The Kier molecular flexibility index (Phi) is 4.19.